The molecule has 1 unspecified atom stereocenters. The Morgan fingerprint density at radius 1 is 1.05 bits per heavy atom. The summed E-state index contributed by atoms with van der Waals surface area (Å²) >= 11 is 0. The van der Waals surface area contributed by atoms with Crippen molar-refractivity contribution in [1.82, 2.24) is 25.3 Å². The summed E-state index contributed by atoms with van der Waals surface area (Å²) in [4.78, 5) is 16.2. The minimum Gasteiger partial charge on any atom is -0.474 e. The summed E-state index contributed by atoms with van der Waals surface area (Å²) in [6, 6.07) is 2.89. The molecule has 1 atom stereocenters. The molecule has 0 aliphatic carbocycles. The smallest absolute Gasteiger partial charge is 0.417 e. The highest BCUT2D eigenvalue weighted by atomic mass is 19.4. The first kappa shape index (κ1) is 32.5. The summed E-state index contributed by atoms with van der Waals surface area (Å²) < 4.78 is 98.3. The van der Waals surface area contributed by atoms with Crippen molar-refractivity contribution in [3.63, 3.8) is 0 Å². The van der Waals surface area contributed by atoms with Crippen LogP contribution in [0.3, 0.4) is 0 Å². The number of ether oxygens (including phenoxy) is 2. The zero-order chi connectivity index (χ0) is 32.2. The number of hydrogen-bond donors (Lipinski definition) is 3. The highest BCUT2D eigenvalue weighted by molar-refractivity contribution is 5.96. The van der Waals surface area contributed by atoms with E-state index in [-0.39, 0.29) is 29.7 Å². The van der Waals surface area contributed by atoms with Crippen LogP contribution < -0.4 is 25.8 Å². The van der Waals surface area contributed by atoms with Gasteiger partial charge in [-0.15, -0.1) is 0 Å². The van der Waals surface area contributed by atoms with E-state index in [1.165, 1.54) is 12.3 Å². The minimum atomic E-state index is -5.08. The van der Waals surface area contributed by atoms with Crippen LogP contribution in [0.4, 0.5) is 37.8 Å². The fraction of sp³-hybridized carbons (Fsp3) is 0.379. The molecule has 0 saturated carbocycles. The van der Waals surface area contributed by atoms with Crippen LogP contribution in [0.1, 0.15) is 43.9 Å². The van der Waals surface area contributed by atoms with Gasteiger partial charge in [0.1, 0.15) is 34.8 Å². The molecule has 4 N–H and O–H groups in total. The lowest BCUT2D eigenvalue weighted by molar-refractivity contribution is -0.137. The third-order valence-corrected chi connectivity index (χ3v) is 6.59. The van der Waals surface area contributed by atoms with Crippen LogP contribution in [0.15, 0.2) is 24.4 Å². The second-order valence-corrected chi connectivity index (χ2v) is 9.65. The van der Waals surface area contributed by atoms with E-state index in [9.17, 15) is 22.0 Å². The fourth-order valence-electron chi connectivity index (χ4n) is 4.54. The molecule has 0 saturated heterocycles. The predicted molar refractivity (Wildman–Crippen MR) is 153 cm³/mol. The number of nitrogen functional groups attached to an aromatic ring is 1. The van der Waals surface area contributed by atoms with Crippen LogP contribution in [0.2, 0.25) is 0 Å². The molecule has 0 spiro atoms. The molecule has 0 bridgehead atoms. The molecule has 4 heterocycles. The molecule has 4 aromatic rings. The summed E-state index contributed by atoms with van der Waals surface area (Å²) in [5.41, 5.74) is 1.23. The molecular weight excluding hydrogens is 592 g/mol. The van der Waals surface area contributed by atoms with E-state index >= 15 is 4.39 Å². The molecule has 236 valence electrons. The fourth-order valence-corrected chi connectivity index (χ4v) is 4.54. The van der Waals surface area contributed by atoms with Crippen LogP contribution in [0, 0.1) is 24.5 Å². The second-order valence-electron chi connectivity index (χ2n) is 9.65. The Morgan fingerprint density at radius 3 is 2.48 bits per heavy atom. The zero-order valence-corrected chi connectivity index (χ0v) is 24.4. The zero-order valence-electron chi connectivity index (χ0n) is 24.4. The molecule has 1 aromatic carbocycles. The number of aromatic nitrogens is 4. The molecule has 5 rings (SSSR count). The van der Waals surface area contributed by atoms with Gasteiger partial charge in [-0.2, -0.15) is 27.5 Å². The number of alkyl halides is 3. The van der Waals surface area contributed by atoms with Gasteiger partial charge in [0.25, 0.3) is 0 Å². The lowest BCUT2D eigenvalue weighted by Gasteiger charge is -2.21. The molecule has 3 aromatic heterocycles. The number of rotatable bonds is 4. The Balaban J connectivity index is 0.00000216. The van der Waals surface area contributed by atoms with Crippen LogP contribution in [0.5, 0.6) is 11.9 Å². The molecule has 0 radical (unpaired) electrons. The Bertz CT molecular complexity index is 1630. The number of anilines is 2. The van der Waals surface area contributed by atoms with Gasteiger partial charge in [-0.3, -0.25) is 0 Å². The Hall–Kier alpha value is -4.40. The Kier molecular flexibility index (Phi) is 9.97. The number of hydrogen-bond acceptors (Lipinski definition) is 9. The topological polar surface area (TPSA) is 120 Å². The highest BCUT2D eigenvalue weighted by Gasteiger charge is 2.39. The van der Waals surface area contributed by atoms with Crippen molar-refractivity contribution in [2.75, 3.05) is 30.7 Å². The summed E-state index contributed by atoms with van der Waals surface area (Å²) in [6.45, 7) is 7.83. The van der Waals surface area contributed by atoms with Crippen molar-refractivity contribution in [1.29, 1.82) is 0 Å². The van der Waals surface area contributed by atoms with Gasteiger partial charge < -0.3 is 25.8 Å². The van der Waals surface area contributed by atoms with E-state index in [1.807, 2.05) is 13.8 Å². The summed E-state index contributed by atoms with van der Waals surface area (Å²) in [7, 11) is 0. The van der Waals surface area contributed by atoms with Crippen molar-refractivity contribution in [3.05, 3.63) is 58.7 Å². The quantitative estimate of drug-likeness (QED) is 0.139. The van der Waals surface area contributed by atoms with E-state index < -0.39 is 63.5 Å². The third-order valence-electron chi connectivity index (χ3n) is 6.59. The third kappa shape index (κ3) is 6.87. The maximum atomic E-state index is 16.3. The van der Waals surface area contributed by atoms with Gasteiger partial charge in [0.2, 0.25) is 11.8 Å². The monoisotopic (exact) mass is 623 g/mol. The van der Waals surface area contributed by atoms with E-state index in [0.29, 0.717) is 37.7 Å². The Morgan fingerprint density at radius 2 is 1.80 bits per heavy atom. The molecule has 1 aliphatic rings. The standard InChI is InChI=1S/C27H25F6N7O2.C2H6/c1-12-5-6-35-7-8-36-24-18-23(39-26(40-24)41-11-14-3-4-17(28)37-10-14)21(30)22(38-25(18)42-12)15-9-16(34)20(29)13(2)19(15)27(31,32)33;1-2/h3-4,9-10,12,35H,5-8,11,34H2,1-2H3,(H,36,39,40);1-2H3. The predicted octanol–water partition coefficient (Wildman–Crippen LogP) is 6.19. The maximum Gasteiger partial charge on any atom is 0.417 e. The number of nitrogens with two attached hydrogens (primary N) is 1. The number of nitrogens with one attached hydrogen (secondary N) is 2. The van der Waals surface area contributed by atoms with Crippen molar-refractivity contribution in [3.8, 4) is 23.1 Å². The maximum absolute atomic E-state index is 16.3. The lowest BCUT2D eigenvalue weighted by Crippen LogP contribution is -2.26. The second kappa shape index (κ2) is 13.5. The molecule has 0 amide bonds. The first-order valence-corrected chi connectivity index (χ1v) is 13.9. The normalized spacial score (nSPS) is 15.4. The van der Waals surface area contributed by atoms with E-state index in [0.717, 1.165) is 13.0 Å². The largest absolute Gasteiger partial charge is 0.474 e. The number of pyridine rings is 2. The van der Waals surface area contributed by atoms with Gasteiger partial charge in [0.15, 0.2) is 5.82 Å². The van der Waals surface area contributed by atoms with Gasteiger partial charge in [0, 0.05) is 30.4 Å². The molecule has 1 aliphatic heterocycles. The van der Waals surface area contributed by atoms with E-state index in [4.69, 9.17) is 15.2 Å². The van der Waals surface area contributed by atoms with Gasteiger partial charge in [0.05, 0.1) is 17.4 Å². The van der Waals surface area contributed by atoms with Gasteiger partial charge in [-0.05, 0) is 50.6 Å². The summed E-state index contributed by atoms with van der Waals surface area (Å²) in [6.07, 6.45) is -3.85. The van der Waals surface area contributed by atoms with Gasteiger partial charge >= 0.3 is 12.2 Å². The average molecular weight is 624 g/mol. The molecule has 44 heavy (non-hydrogen) atoms. The van der Waals surface area contributed by atoms with Crippen molar-refractivity contribution < 1.29 is 35.8 Å². The van der Waals surface area contributed by atoms with Crippen LogP contribution in [-0.4, -0.2) is 45.7 Å². The van der Waals surface area contributed by atoms with Crippen molar-refractivity contribution in [2.24, 2.45) is 0 Å². The van der Waals surface area contributed by atoms with Crippen molar-refractivity contribution >= 4 is 22.4 Å². The van der Waals surface area contributed by atoms with E-state index in [1.54, 1.807) is 6.92 Å². The average Bonchev–Trinajstić information content (AvgIpc) is 3.01. The molecular formula is C29H31F6N7O2. The van der Waals surface area contributed by atoms with Crippen molar-refractivity contribution in [2.45, 2.75) is 53.0 Å². The van der Waals surface area contributed by atoms with E-state index in [2.05, 4.69) is 30.6 Å². The summed E-state index contributed by atoms with van der Waals surface area (Å²) in [5.74, 6) is -3.41. The van der Waals surface area contributed by atoms with Gasteiger partial charge in [-0.25, -0.2) is 18.7 Å². The first-order chi connectivity index (χ1) is 20.9. The van der Waals surface area contributed by atoms with Gasteiger partial charge in [-0.1, -0.05) is 13.8 Å². The SMILES string of the molecule is CC.Cc1c(F)c(N)cc(-c2nc3c4c(nc(OCc5ccc(F)nc5)nc4c2F)NCCNCCC(C)O3)c1C(F)(F)F. The highest BCUT2D eigenvalue weighted by Crippen LogP contribution is 2.44. The molecule has 9 nitrogen and oxygen atoms in total. The molecule has 15 heteroatoms. The summed E-state index contributed by atoms with van der Waals surface area (Å²) in [5, 5.41) is 6.22. The van der Waals surface area contributed by atoms with Crippen LogP contribution in [-0.2, 0) is 12.8 Å². The number of halogens is 6. The van der Waals surface area contributed by atoms with Crippen LogP contribution in [0.25, 0.3) is 22.2 Å². The molecule has 0 fully saturated rings. The number of nitrogens with zero attached hydrogens (tertiary/aromatic N) is 4. The lowest BCUT2D eigenvalue weighted by atomic mass is 9.96. The van der Waals surface area contributed by atoms with Crippen LogP contribution >= 0.6 is 0 Å². The Labute approximate surface area is 249 Å². The first-order valence-electron chi connectivity index (χ1n) is 13.9. The number of benzene rings is 1. The minimum absolute atomic E-state index is 0.0267.